The van der Waals surface area contributed by atoms with Gasteiger partial charge in [0.25, 0.3) is 5.82 Å². The van der Waals surface area contributed by atoms with Gasteiger partial charge in [0.15, 0.2) is 0 Å². The Bertz CT molecular complexity index is 479. The Kier molecular flexibility index (Phi) is 17.2. The average Bonchev–Trinajstić information content (AvgIpc) is 3.24. The van der Waals surface area contributed by atoms with Gasteiger partial charge in [-0.15, -0.1) is 0 Å². The lowest BCUT2D eigenvalue weighted by Crippen LogP contribution is -2.41. The molecule has 176 valence electrons. The summed E-state index contributed by atoms with van der Waals surface area (Å²) in [5, 5.41) is 0. The van der Waals surface area contributed by atoms with Crippen LogP contribution >= 0.6 is 0 Å². The highest BCUT2D eigenvalue weighted by atomic mass is 15.1. The molecule has 0 bridgehead atoms. The first-order valence-corrected chi connectivity index (χ1v) is 13.8. The van der Waals surface area contributed by atoms with E-state index >= 15 is 0 Å². The van der Waals surface area contributed by atoms with Crippen molar-refractivity contribution in [3.63, 3.8) is 0 Å². The molecular formula is C28H55N2+. The standard InChI is InChI=1S/C28H54N2/c1-5-8-10-12-14-15-17-18-20-22-26(4)30-25-24-29-28(30)27(7-3)23-21-19-16-13-11-9-6-2/h24-27H,5-23H2,1-4H3/p+1. The second-order valence-electron chi connectivity index (χ2n) is 9.73. The van der Waals surface area contributed by atoms with Crippen molar-refractivity contribution in [2.24, 2.45) is 0 Å². The predicted octanol–water partition coefficient (Wildman–Crippen LogP) is 9.42. The zero-order valence-corrected chi connectivity index (χ0v) is 21.2. The monoisotopic (exact) mass is 419 g/mol. The van der Waals surface area contributed by atoms with Gasteiger partial charge in [-0.25, -0.2) is 9.55 Å². The number of H-pyrrole nitrogens is 1. The molecule has 1 rings (SSSR count). The van der Waals surface area contributed by atoms with Crippen LogP contribution in [0.4, 0.5) is 0 Å². The van der Waals surface area contributed by atoms with Crippen LogP contribution < -0.4 is 4.57 Å². The number of nitrogens with zero attached hydrogens (tertiary/aromatic N) is 1. The fourth-order valence-corrected chi connectivity index (χ4v) is 4.84. The lowest BCUT2D eigenvalue weighted by Gasteiger charge is -2.16. The van der Waals surface area contributed by atoms with Gasteiger partial charge in [-0.3, -0.25) is 0 Å². The highest BCUT2D eigenvalue weighted by Gasteiger charge is 2.24. The quantitative estimate of drug-likeness (QED) is 0.151. The fraction of sp³-hybridized carbons (Fsp3) is 0.893. The van der Waals surface area contributed by atoms with Gasteiger partial charge in [0.2, 0.25) is 0 Å². The lowest BCUT2D eigenvalue weighted by atomic mass is 9.96. The molecule has 0 radical (unpaired) electrons. The minimum atomic E-state index is 0.624. The van der Waals surface area contributed by atoms with Crippen molar-refractivity contribution in [1.82, 2.24) is 4.98 Å². The third kappa shape index (κ3) is 12.2. The molecule has 0 saturated carbocycles. The van der Waals surface area contributed by atoms with Crippen LogP contribution in [0.2, 0.25) is 0 Å². The second kappa shape index (κ2) is 18.9. The van der Waals surface area contributed by atoms with E-state index in [1.165, 1.54) is 128 Å². The maximum atomic E-state index is 3.60. The van der Waals surface area contributed by atoms with Gasteiger partial charge in [-0.05, 0) is 32.6 Å². The summed E-state index contributed by atoms with van der Waals surface area (Å²) < 4.78 is 2.56. The van der Waals surface area contributed by atoms with Crippen molar-refractivity contribution in [2.45, 2.75) is 162 Å². The number of hydrogen-bond donors (Lipinski definition) is 1. The van der Waals surface area contributed by atoms with E-state index in [4.69, 9.17) is 0 Å². The summed E-state index contributed by atoms with van der Waals surface area (Å²) in [7, 11) is 0. The van der Waals surface area contributed by atoms with E-state index in [-0.39, 0.29) is 0 Å². The predicted molar refractivity (Wildman–Crippen MR) is 133 cm³/mol. The van der Waals surface area contributed by atoms with Gasteiger partial charge in [0, 0.05) is 0 Å². The summed E-state index contributed by atoms with van der Waals surface area (Å²) in [6.07, 6.45) is 31.0. The molecule has 0 amide bonds. The number of aromatic nitrogens is 2. The second-order valence-corrected chi connectivity index (χ2v) is 9.73. The molecule has 0 aliphatic rings. The molecule has 1 heterocycles. The Morgan fingerprint density at radius 1 is 0.667 bits per heavy atom. The summed E-state index contributed by atoms with van der Waals surface area (Å²) >= 11 is 0. The van der Waals surface area contributed by atoms with Crippen molar-refractivity contribution in [2.75, 3.05) is 0 Å². The zero-order valence-electron chi connectivity index (χ0n) is 21.2. The van der Waals surface area contributed by atoms with Crippen molar-refractivity contribution in [1.29, 1.82) is 0 Å². The third-order valence-corrected chi connectivity index (χ3v) is 6.98. The summed E-state index contributed by atoms with van der Waals surface area (Å²) in [6.45, 7) is 9.38. The molecule has 1 aromatic heterocycles. The maximum Gasteiger partial charge on any atom is 0.257 e. The summed E-state index contributed by atoms with van der Waals surface area (Å²) in [6, 6.07) is 0.624. The van der Waals surface area contributed by atoms with Gasteiger partial charge >= 0.3 is 0 Å². The third-order valence-electron chi connectivity index (χ3n) is 6.98. The maximum absolute atomic E-state index is 3.60. The first-order valence-electron chi connectivity index (χ1n) is 13.8. The highest BCUT2D eigenvalue weighted by molar-refractivity contribution is 4.89. The molecule has 1 aromatic rings. The normalized spacial score (nSPS) is 13.6. The molecular weight excluding hydrogens is 364 g/mol. The van der Waals surface area contributed by atoms with Crippen LogP contribution in [-0.2, 0) is 0 Å². The minimum Gasteiger partial charge on any atom is -0.247 e. The van der Waals surface area contributed by atoms with E-state index in [2.05, 4.69) is 49.6 Å². The summed E-state index contributed by atoms with van der Waals surface area (Å²) in [4.78, 5) is 3.60. The number of unbranched alkanes of at least 4 members (excludes halogenated alkanes) is 14. The largest absolute Gasteiger partial charge is 0.257 e. The van der Waals surface area contributed by atoms with E-state index in [0.717, 1.165) is 0 Å². The Labute approximate surface area is 189 Å². The van der Waals surface area contributed by atoms with E-state index in [9.17, 15) is 0 Å². The molecule has 2 nitrogen and oxygen atoms in total. The van der Waals surface area contributed by atoms with Gasteiger partial charge in [0.1, 0.15) is 12.4 Å². The molecule has 0 fully saturated rings. The lowest BCUT2D eigenvalue weighted by molar-refractivity contribution is -0.727. The molecule has 0 spiro atoms. The van der Waals surface area contributed by atoms with Crippen LogP contribution in [-0.4, -0.2) is 4.98 Å². The molecule has 0 aliphatic carbocycles. The molecule has 0 aliphatic heterocycles. The van der Waals surface area contributed by atoms with E-state index in [1.807, 2.05) is 0 Å². The van der Waals surface area contributed by atoms with E-state index < -0.39 is 0 Å². The van der Waals surface area contributed by atoms with Crippen LogP contribution in [0.15, 0.2) is 12.4 Å². The van der Waals surface area contributed by atoms with Crippen molar-refractivity contribution >= 4 is 0 Å². The van der Waals surface area contributed by atoms with Crippen LogP contribution in [0.3, 0.4) is 0 Å². The van der Waals surface area contributed by atoms with E-state index in [0.29, 0.717) is 12.0 Å². The Hall–Kier alpha value is -0.790. The first kappa shape index (κ1) is 27.2. The Balaban J connectivity index is 2.25. The topological polar surface area (TPSA) is 19.7 Å². The fourth-order valence-electron chi connectivity index (χ4n) is 4.84. The van der Waals surface area contributed by atoms with Gasteiger partial charge in [-0.2, -0.15) is 0 Å². The summed E-state index contributed by atoms with van der Waals surface area (Å²) in [5.41, 5.74) is 0. The molecule has 30 heavy (non-hydrogen) atoms. The summed E-state index contributed by atoms with van der Waals surface area (Å²) in [5.74, 6) is 2.17. The minimum absolute atomic E-state index is 0.624. The van der Waals surface area contributed by atoms with Gasteiger partial charge in [0.05, 0.1) is 12.0 Å². The van der Waals surface area contributed by atoms with Crippen LogP contribution in [0.1, 0.15) is 167 Å². The van der Waals surface area contributed by atoms with E-state index in [1.54, 1.807) is 0 Å². The van der Waals surface area contributed by atoms with Crippen LogP contribution in [0.25, 0.3) is 0 Å². The molecule has 0 aromatic carbocycles. The number of imidazole rings is 1. The molecule has 2 atom stereocenters. The molecule has 0 saturated heterocycles. The van der Waals surface area contributed by atoms with Crippen LogP contribution in [0.5, 0.6) is 0 Å². The Morgan fingerprint density at radius 3 is 1.63 bits per heavy atom. The van der Waals surface area contributed by atoms with Gasteiger partial charge < -0.3 is 0 Å². The number of rotatable bonds is 21. The Morgan fingerprint density at radius 2 is 1.13 bits per heavy atom. The number of hydrogen-bond acceptors (Lipinski definition) is 0. The van der Waals surface area contributed by atoms with Crippen molar-refractivity contribution in [3.8, 4) is 0 Å². The molecule has 2 unspecified atom stereocenters. The molecule has 2 heteroatoms. The average molecular weight is 420 g/mol. The number of nitrogens with one attached hydrogen (secondary N) is 1. The smallest absolute Gasteiger partial charge is 0.247 e. The van der Waals surface area contributed by atoms with Crippen molar-refractivity contribution < 1.29 is 4.57 Å². The SMILES string of the molecule is CCCCCCCCCCCC(C)[n+]1cc[nH]c1C(CC)CCCCCCCCC. The van der Waals surface area contributed by atoms with Crippen LogP contribution in [0, 0.1) is 0 Å². The van der Waals surface area contributed by atoms with Gasteiger partial charge in [-0.1, -0.05) is 117 Å². The van der Waals surface area contributed by atoms with Crippen molar-refractivity contribution in [3.05, 3.63) is 18.2 Å². The highest BCUT2D eigenvalue weighted by Crippen LogP contribution is 2.24. The first-order chi connectivity index (χ1) is 14.7. The zero-order chi connectivity index (χ0) is 21.9. The molecule has 1 N–H and O–H groups in total. The number of aromatic amines is 1.